The van der Waals surface area contributed by atoms with E-state index in [1.807, 2.05) is 24.3 Å². The highest BCUT2D eigenvalue weighted by Crippen LogP contribution is 2.37. The standard InChI is InChI=1S/C20H16N3O2P/c1-26(2,24)19-11-16(22-25-19)18-12-21-20-15-9-4-3-7-13(15)14-8-5-6-10-17(14)23(18)20/h3-12H,1-2H3. The van der Waals surface area contributed by atoms with E-state index in [4.69, 9.17) is 4.52 Å². The number of imidazole rings is 1. The molecule has 0 bridgehead atoms. The third kappa shape index (κ3) is 2.14. The van der Waals surface area contributed by atoms with Crippen molar-refractivity contribution in [2.75, 3.05) is 13.3 Å². The van der Waals surface area contributed by atoms with Gasteiger partial charge in [0.15, 0.2) is 5.50 Å². The molecule has 0 saturated heterocycles. The molecule has 0 aliphatic rings. The van der Waals surface area contributed by atoms with Crippen LogP contribution in [0.2, 0.25) is 0 Å². The monoisotopic (exact) mass is 361 g/mol. The summed E-state index contributed by atoms with van der Waals surface area (Å²) in [4.78, 5) is 4.66. The maximum absolute atomic E-state index is 12.3. The van der Waals surface area contributed by atoms with Gasteiger partial charge in [-0.3, -0.25) is 4.40 Å². The van der Waals surface area contributed by atoms with Crippen LogP contribution in [0.4, 0.5) is 0 Å². The van der Waals surface area contributed by atoms with Gasteiger partial charge in [-0.05, 0) is 24.8 Å². The lowest BCUT2D eigenvalue weighted by Gasteiger charge is -2.09. The van der Waals surface area contributed by atoms with Gasteiger partial charge in [0.2, 0.25) is 0 Å². The Hall–Kier alpha value is -2.91. The second-order valence-corrected chi connectivity index (χ2v) is 9.91. The fraction of sp³-hybridized carbons (Fsp3) is 0.100. The predicted molar refractivity (Wildman–Crippen MR) is 105 cm³/mol. The molecule has 5 nitrogen and oxygen atoms in total. The zero-order chi connectivity index (χ0) is 17.9. The molecule has 5 aromatic rings. The fourth-order valence-corrected chi connectivity index (χ4v) is 4.09. The number of pyridine rings is 1. The minimum Gasteiger partial charge on any atom is -0.353 e. The first-order valence-electron chi connectivity index (χ1n) is 8.33. The summed E-state index contributed by atoms with van der Waals surface area (Å²) in [5, 5.41) is 7.55. The lowest BCUT2D eigenvalue weighted by Crippen LogP contribution is -1.97. The number of fused-ring (bicyclic) bond motifs is 6. The Morgan fingerprint density at radius 2 is 1.65 bits per heavy atom. The first-order chi connectivity index (χ1) is 12.5. The zero-order valence-corrected chi connectivity index (χ0v) is 15.3. The summed E-state index contributed by atoms with van der Waals surface area (Å²) in [7, 11) is -2.51. The predicted octanol–water partition coefficient (Wildman–Crippen LogP) is 4.54. The Morgan fingerprint density at radius 1 is 0.962 bits per heavy atom. The minimum atomic E-state index is -2.51. The van der Waals surface area contributed by atoms with Crippen molar-refractivity contribution >= 4 is 40.0 Å². The van der Waals surface area contributed by atoms with E-state index in [0.29, 0.717) is 11.2 Å². The summed E-state index contributed by atoms with van der Waals surface area (Å²) in [6.07, 6.45) is 1.80. The Balaban J connectivity index is 1.92. The Morgan fingerprint density at radius 3 is 2.38 bits per heavy atom. The van der Waals surface area contributed by atoms with Gasteiger partial charge < -0.3 is 9.09 Å². The SMILES string of the molecule is CP(C)(=O)c1cc(-c2cnc3c4ccccc4c4ccccc4n23)no1. The van der Waals surface area contributed by atoms with E-state index < -0.39 is 7.14 Å². The summed E-state index contributed by atoms with van der Waals surface area (Å²) < 4.78 is 19.7. The molecule has 0 aliphatic carbocycles. The van der Waals surface area contributed by atoms with Crippen molar-refractivity contribution < 1.29 is 9.09 Å². The smallest absolute Gasteiger partial charge is 0.195 e. The quantitative estimate of drug-likeness (QED) is 0.342. The number of aromatic nitrogens is 3. The van der Waals surface area contributed by atoms with Crippen molar-refractivity contribution in [2.45, 2.75) is 0 Å². The maximum Gasteiger partial charge on any atom is 0.195 e. The van der Waals surface area contributed by atoms with E-state index in [-0.39, 0.29) is 0 Å². The first-order valence-corrected chi connectivity index (χ1v) is 10.9. The average Bonchev–Trinajstić information content (AvgIpc) is 3.29. The second kappa shape index (κ2) is 5.29. The van der Waals surface area contributed by atoms with Gasteiger partial charge in [-0.1, -0.05) is 47.6 Å². The molecule has 0 saturated carbocycles. The highest BCUT2D eigenvalue weighted by molar-refractivity contribution is 7.69. The Labute approximate surface area is 149 Å². The van der Waals surface area contributed by atoms with Crippen LogP contribution in [0.3, 0.4) is 0 Å². The molecule has 0 atom stereocenters. The highest BCUT2D eigenvalue weighted by atomic mass is 31.2. The van der Waals surface area contributed by atoms with Crippen LogP contribution >= 0.6 is 7.14 Å². The van der Waals surface area contributed by atoms with E-state index in [0.717, 1.165) is 27.6 Å². The summed E-state index contributed by atoms with van der Waals surface area (Å²) >= 11 is 0. The van der Waals surface area contributed by atoms with Crippen LogP contribution in [-0.4, -0.2) is 27.9 Å². The van der Waals surface area contributed by atoms with Crippen LogP contribution in [0.5, 0.6) is 0 Å². The molecule has 0 radical (unpaired) electrons. The summed E-state index contributed by atoms with van der Waals surface area (Å²) in [5.74, 6) is 0. The van der Waals surface area contributed by atoms with Crippen molar-refractivity contribution in [2.24, 2.45) is 0 Å². The Kier molecular flexibility index (Phi) is 3.12. The van der Waals surface area contributed by atoms with E-state index in [2.05, 4.69) is 38.8 Å². The first kappa shape index (κ1) is 15.4. The van der Waals surface area contributed by atoms with E-state index >= 15 is 0 Å². The van der Waals surface area contributed by atoms with Crippen LogP contribution in [-0.2, 0) is 4.57 Å². The fourth-order valence-electron chi connectivity index (χ4n) is 3.42. The highest BCUT2D eigenvalue weighted by Gasteiger charge is 2.21. The summed E-state index contributed by atoms with van der Waals surface area (Å²) in [6.45, 7) is 3.35. The molecular weight excluding hydrogens is 345 g/mol. The van der Waals surface area contributed by atoms with Gasteiger partial charge in [0.05, 0.1) is 17.4 Å². The number of hydrogen-bond donors (Lipinski definition) is 0. The van der Waals surface area contributed by atoms with Crippen molar-refractivity contribution in [3.63, 3.8) is 0 Å². The van der Waals surface area contributed by atoms with Crippen molar-refractivity contribution in [1.82, 2.24) is 14.5 Å². The average molecular weight is 361 g/mol. The van der Waals surface area contributed by atoms with E-state index in [9.17, 15) is 4.57 Å². The van der Waals surface area contributed by atoms with E-state index in [1.165, 1.54) is 5.39 Å². The van der Waals surface area contributed by atoms with Gasteiger partial charge in [-0.15, -0.1) is 0 Å². The molecule has 0 N–H and O–H groups in total. The van der Waals surface area contributed by atoms with Gasteiger partial charge in [0.25, 0.3) is 0 Å². The minimum absolute atomic E-state index is 0.424. The zero-order valence-electron chi connectivity index (χ0n) is 14.4. The van der Waals surface area contributed by atoms with Gasteiger partial charge in [-0.2, -0.15) is 0 Å². The van der Waals surface area contributed by atoms with Crippen molar-refractivity contribution in [3.8, 4) is 11.4 Å². The van der Waals surface area contributed by atoms with Crippen molar-refractivity contribution in [3.05, 3.63) is 60.8 Å². The molecule has 5 rings (SSSR count). The molecule has 3 heterocycles. The van der Waals surface area contributed by atoms with Crippen molar-refractivity contribution in [1.29, 1.82) is 0 Å². The number of hydrogen-bond acceptors (Lipinski definition) is 4. The molecule has 0 amide bonds. The molecule has 26 heavy (non-hydrogen) atoms. The van der Waals surface area contributed by atoms with E-state index in [1.54, 1.807) is 25.6 Å². The molecule has 6 heteroatoms. The molecule has 0 fully saturated rings. The maximum atomic E-state index is 12.3. The summed E-state index contributed by atoms with van der Waals surface area (Å²) in [5.41, 5.74) is 3.80. The van der Waals surface area contributed by atoms with Gasteiger partial charge in [0, 0.05) is 16.8 Å². The number of nitrogens with zero attached hydrogens (tertiary/aromatic N) is 3. The normalized spacial score (nSPS) is 12.4. The molecule has 0 aliphatic heterocycles. The van der Waals surface area contributed by atoms with Crippen LogP contribution in [0.15, 0.2) is 65.3 Å². The van der Waals surface area contributed by atoms with Gasteiger partial charge in [0.1, 0.15) is 18.5 Å². The molecular formula is C20H16N3O2P. The molecule has 2 aromatic carbocycles. The second-order valence-electron chi connectivity index (χ2n) is 6.77. The lowest BCUT2D eigenvalue weighted by atomic mass is 10.1. The number of benzene rings is 2. The van der Waals surface area contributed by atoms with Crippen LogP contribution in [0.25, 0.3) is 38.7 Å². The topological polar surface area (TPSA) is 60.4 Å². The number of rotatable bonds is 2. The lowest BCUT2D eigenvalue weighted by molar-refractivity contribution is 0.444. The van der Waals surface area contributed by atoms with Crippen LogP contribution < -0.4 is 5.50 Å². The van der Waals surface area contributed by atoms with Gasteiger partial charge in [-0.25, -0.2) is 4.98 Å². The number of para-hydroxylation sites is 1. The summed E-state index contributed by atoms with van der Waals surface area (Å²) in [6, 6.07) is 18.2. The van der Waals surface area contributed by atoms with Crippen LogP contribution in [0, 0.1) is 0 Å². The third-order valence-corrected chi connectivity index (χ3v) is 5.93. The molecule has 128 valence electrons. The largest absolute Gasteiger partial charge is 0.353 e. The molecule has 3 aromatic heterocycles. The molecule has 0 spiro atoms. The third-order valence-electron chi connectivity index (χ3n) is 4.66. The van der Waals surface area contributed by atoms with Gasteiger partial charge >= 0.3 is 0 Å². The van der Waals surface area contributed by atoms with Crippen LogP contribution in [0.1, 0.15) is 0 Å². The molecule has 0 unspecified atom stereocenters. The Bertz CT molecular complexity index is 1340.